The Morgan fingerprint density at radius 3 is 2.69 bits per heavy atom. The number of aryl methyl sites for hydroxylation is 1. The molecule has 0 aliphatic rings. The third kappa shape index (κ3) is 2.42. The highest BCUT2D eigenvalue weighted by Crippen LogP contribution is 2.30. The number of thiophene rings is 1. The summed E-state index contributed by atoms with van der Waals surface area (Å²) >= 11 is 10.0. The molecular weight excluding hydrogens is 353 g/mol. The molecule has 4 heteroatoms. The van der Waals surface area contributed by atoms with Crippen molar-refractivity contribution in [3.05, 3.63) is 54.2 Å². The van der Waals surface area contributed by atoms with Gasteiger partial charge in [-0.1, -0.05) is 11.6 Å². The van der Waals surface area contributed by atoms with Gasteiger partial charge in [0.1, 0.15) is 0 Å². The fraction of sp³-hybridized carbons (Fsp3) is 0.167. The fourth-order valence-corrected chi connectivity index (χ4v) is 3.24. The molecule has 0 bridgehead atoms. The summed E-state index contributed by atoms with van der Waals surface area (Å²) in [4.78, 5) is 1.27. The number of rotatable bonds is 2. The highest BCUT2D eigenvalue weighted by atomic mass is 127. The first-order valence-corrected chi connectivity index (χ1v) is 7.17. The van der Waals surface area contributed by atoms with Crippen LogP contribution in [0, 0.1) is 10.5 Å². The van der Waals surface area contributed by atoms with E-state index in [1.54, 1.807) is 11.3 Å². The molecule has 0 saturated heterocycles. The number of halogens is 2. The summed E-state index contributed by atoms with van der Waals surface area (Å²) in [5.41, 5.74) is 8.55. The molecule has 2 N–H and O–H groups in total. The Kier molecular flexibility index (Phi) is 3.89. The molecule has 0 spiro atoms. The predicted octanol–water partition coefficient (Wildman–Crippen LogP) is 4.36. The molecule has 2 aromatic rings. The van der Waals surface area contributed by atoms with Gasteiger partial charge < -0.3 is 5.73 Å². The lowest BCUT2D eigenvalue weighted by atomic mass is 10.0. The van der Waals surface area contributed by atoms with E-state index < -0.39 is 0 Å². The van der Waals surface area contributed by atoms with Crippen molar-refractivity contribution in [2.75, 3.05) is 0 Å². The zero-order chi connectivity index (χ0) is 11.7. The molecule has 0 amide bonds. The SMILES string of the molecule is Cc1sccc1C(N)c1cc(Cl)ccc1I. The van der Waals surface area contributed by atoms with E-state index in [1.165, 1.54) is 10.4 Å². The third-order valence-corrected chi connectivity index (χ3v) is 4.61. The summed E-state index contributed by atoms with van der Waals surface area (Å²) < 4.78 is 1.15. The molecule has 2 rings (SSSR count). The van der Waals surface area contributed by atoms with Crippen molar-refractivity contribution in [1.82, 2.24) is 0 Å². The zero-order valence-electron chi connectivity index (χ0n) is 8.71. The second kappa shape index (κ2) is 5.04. The predicted molar refractivity (Wildman–Crippen MR) is 79.3 cm³/mol. The summed E-state index contributed by atoms with van der Waals surface area (Å²) in [6.45, 7) is 2.09. The van der Waals surface area contributed by atoms with E-state index in [1.807, 2.05) is 18.2 Å². The standard InChI is InChI=1S/C12H11ClINS/c1-7-9(4-5-16-7)12(15)10-6-8(13)2-3-11(10)14/h2-6,12H,15H2,1H3. The summed E-state index contributed by atoms with van der Waals surface area (Å²) in [6, 6.07) is 7.84. The Hall–Kier alpha value is -0.100. The van der Waals surface area contributed by atoms with Crippen molar-refractivity contribution < 1.29 is 0 Å². The molecule has 1 aromatic heterocycles. The molecule has 1 atom stereocenters. The molecule has 16 heavy (non-hydrogen) atoms. The van der Waals surface area contributed by atoms with Gasteiger partial charge in [0.05, 0.1) is 6.04 Å². The van der Waals surface area contributed by atoms with E-state index in [0.29, 0.717) is 0 Å². The summed E-state index contributed by atoms with van der Waals surface area (Å²) in [7, 11) is 0. The minimum Gasteiger partial charge on any atom is -0.320 e. The number of hydrogen-bond acceptors (Lipinski definition) is 2. The van der Waals surface area contributed by atoms with Crippen LogP contribution in [0.2, 0.25) is 5.02 Å². The molecule has 0 saturated carbocycles. The first kappa shape index (κ1) is 12.4. The Morgan fingerprint density at radius 2 is 2.06 bits per heavy atom. The molecule has 0 aliphatic carbocycles. The van der Waals surface area contributed by atoms with E-state index >= 15 is 0 Å². The highest BCUT2D eigenvalue weighted by Gasteiger charge is 2.15. The van der Waals surface area contributed by atoms with Crippen molar-refractivity contribution in [3.8, 4) is 0 Å². The molecule has 0 fully saturated rings. The largest absolute Gasteiger partial charge is 0.320 e. The molecule has 1 unspecified atom stereocenters. The van der Waals surface area contributed by atoms with Gasteiger partial charge in [0.15, 0.2) is 0 Å². The van der Waals surface area contributed by atoms with Gasteiger partial charge in [-0.05, 0) is 70.3 Å². The maximum atomic E-state index is 6.27. The quantitative estimate of drug-likeness (QED) is 0.788. The monoisotopic (exact) mass is 363 g/mol. The smallest absolute Gasteiger partial charge is 0.0573 e. The van der Waals surface area contributed by atoms with Crippen molar-refractivity contribution in [2.24, 2.45) is 5.73 Å². The highest BCUT2D eigenvalue weighted by molar-refractivity contribution is 14.1. The van der Waals surface area contributed by atoms with Gasteiger partial charge in [0.2, 0.25) is 0 Å². The number of nitrogens with two attached hydrogens (primary N) is 1. The zero-order valence-corrected chi connectivity index (χ0v) is 12.4. The number of benzene rings is 1. The lowest BCUT2D eigenvalue weighted by molar-refractivity contribution is 0.863. The first-order valence-electron chi connectivity index (χ1n) is 4.84. The van der Waals surface area contributed by atoms with Crippen LogP contribution < -0.4 is 5.73 Å². The van der Waals surface area contributed by atoms with E-state index in [0.717, 1.165) is 14.2 Å². The fourth-order valence-electron chi connectivity index (χ4n) is 1.64. The van der Waals surface area contributed by atoms with E-state index in [2.05, 4.69) is 41.0 Å². The molecule has 0 aliphatic heterocycles. The summed E-state index contributed by atoms with van der Waals surface area (Å²) in [5.74, 6) is 0. The Morgan fingerprint density at radius 1 is 1.31 bits per heavy atom. The average Bonchev–Trinajstić information content (AvgIpc) is 2.67. The van der Waals surface area contributed by atoms with Crippen LogP contribution in [0.15, 0.2) is 29.6 Å². The van der Waals surface area contributed by atoms with Crippen LogP contribution in [0.1, 0.15) is 22.0 Å². The summed E-state index contributed by atoms with van der Waals surface area (Å²) in [6.07, 6.45) is 0. The van der Waals surface area contributed by atoms with Crippen LogP contribution in [0.5, 0.6) is 0 Å². The Bertz CT molecular complexity index is 509. The lowest BCUT2D eigenvalue weighted by Gasteiger charge is -2.14. The average molecular weight is 364 g/mol. The summed E-state index contributed by atoms with van der Waals surface area (Å²) in [5, 5.41) is 2.81. The van der Waals surface area contributed by atoms with Gasteiger partial charge in [-0.3, -0.25) is 0 Å². The second-order valence-corrected chi connectivity index (χ2v) is 6.29. The van der Waals surface area contributed by atoms with Crippen LogP contribution in [-0.2, 0) is 0 Å². The van der Waals surface area contributed by atoms with Gasteiger partial charge in [-0.15, -0.1) is 11.3 Å². The van der Waals surface area contributed by atoms with E-state index in [9.17, 15) is 0 Å². The maximum Gasteiger partial charge on any atom is 0.0573 e. The van der Waals surface area contributed by atoms with Crippen LogP contribution in [-0.4, -0.2) is 0 Å². The minimum atomic E-state index is -0.0863. The third-order valence-electron chi connectivity index (χ3n) is 2.53. The molecule has 1 nitrogen and oxygen atoms in total. The van der Waals surface area contributed by atoms with Gasteiger partial charge >= 0.3 is 0 Å². The second-order valence-electron chi connectivity index (χ2n) is 3.58. The Labute approximate surface area is 118 Å². The van der Waals surface area contributed by atoms with E-state index in [-0.39, 0.29) is 6.04 Å². The van der Waals surface area contributed by atoms with Crippen LogP contribution in [0.25, 0.3) is 0 Å². The van der Waals surface area contributed by atoms with E-state index in [4.69, 9.17) is 17.3 Å². The van der Waals surface area contributed by atoms with Crippen LogP contribution in [0.3, 0.4) is 0 Å². The van der Waals surface area contributed by atoms with Crippen molar-refractivity contribution >= 4 is 45.5 Å². The molecular formula is C12H11ClINS. The van der Waals surface area contributed by atoms with Crippen LogP contribution in [0.4, 0.5) is 0 Å². The lowest BCUT2D eigenvalue weighted by Crippen LogP contribution is -2.13. The van der Waals surface area contributed by atoms with Gasteiger partial charge in [-0.25, -0.2) is 0 Å². The number of hydrogen-bond donors (Lipinski definition) is 1. The Balaban J connectivity index is 2.45. The van der Waals surface area contributed by atoms with Crippen LogP contribution >= 0.6 is 45.5 Å². The first-order chi connectivity index (χ1) is 7.59. The van der Waals surface area contributed by atoms with Crippen molar-refractivity contribution in [3.63, 3.8) is 0 Å². The molecule has 0 radical (unpaired) electrons. The normalized spacial score (nSPS) is 12.8. The van der Waals surface area contributed by atoms with Gasteiger partial charge in [-0.2, -0.15) is 0 Å². The molecule has 1 aromatic carbocycles. The van der Waals surface area contributed by atoms with Gasteiger partial charge in [0, 0.05) is 13.5 Å². The van der Waals surface area contributed by atoms with Crippen molar-refractivity contribution in [2.45, 2.75) is 13.0 Å². The topological polar surface area (TPSA) is 26.0 Å². The minimum absolute atomic E-state index is 0.0863. The molecule has 84 valence electrons. The maximum absolute atomic E-state index is 6.27. The van der Waals surface area contributed by atoms with Gasteiger partial charge in [0.25, 0.3) is 0 Å². The van der Waals surface area contributed by atoms with Crippen molar-refractivity contribution in [1.29, 1.82) is 0 Å². The molecule has 1 heterocycles.